The summed E-state index contributed by atoms with van der Waals surface area (Å²) in [6, 6.07) is 8.23. The van der Waals surface area contributed by atoms with Crippen LogP contribution in [0.1, 0.15) is 34.1 Å². The van der Waals surface area contributed by atoms with Crippen molar-refractivity contribution in [2.45, 2.75) is 26.1 Å². The number of nitrogens with zero attached hydrogens (tertiary/aromatic N) is 1. The van der Waals surface area contributed by atoms with Gasteiger partial charge in [-0.25, -0.2) is 5.43 Å². The number of benzene rings is 1. The summed E-state index contributed by atoms with van der Waals surface area (Å²) in [6.07, 6.45) is -4.38. The van der Waals surface area contributed by atoms with Crippen molar-refractivity contribution in [1.82, 2.24) is 10.4 Å². The lowest BCUT2D eigenvalue weighted by Gasteiger charge is -2.19. The largest absolute Gasteiger partial charge is 0.416 e. The van der Waals surface area contributed by atoms with E-state index < -0.39 is 17.8 Å². The Balaban J connectivity index is 2.46. The third-order valence-corrected chi connectivity index (χ3v) is 3.15. The van der Waals surface area contributed by atoms with Crippen molar-refractivity contribution in [3.8, 4) is 0 Å². The number of hydrazine groups is 1. The van der Waals surface area contributed by atoms with Crippen LogP contribution in [0.2, 0.25) is 0 Å². The molecule has 1 aromatic heterocycles. The summed E-state index contributed by atoms with van der Waals surface area (Å²) in [7, 11) is 0. The number of nitrogens with one attached hydrogen (secondary N) is 1. The molecule has 1 heterocycles. The SMILES string of the molecule is Cc1cc(C(NN)c2cccc(C(F)(F)F)c2)cc(C)n1. The maximum atomic E-state index is 12.8. The topological polar surface area (TPSA) is 50.9 Å². The van der Waals surface area contributed by atoms with E-state index in [1.165, 1.54) is 6.07 Å². The van der Waals surface area contributed by atoms with Crippen LogP contribution in [0.25, 0.3) is 0 Å². The van der Waals surface area contributed by atoms with Crippen LogP contribution in [0.4, 0.5) is 13.2 Å². The van der Waals surface area contributed by atoms with E-state index in [-0.39, 0.29) is 0 Å². The minimum atomic E-state index is -4.38. The maximum absolute atomic E-state index is 12.8. The smallest absolute Gasteiger partial charge is 0.271 e. The molecule has 112 valence electrons. The van der Waals surface area contributed by atoms with Crippen LogP contribution in [-0.4, -0.2) is 4.98 Å². The third kappa shape index (κ3) is 3.59. The summed E-state index contributed by atoms with van der Waals surface area (Å²) >= 11 is 0. The average Bonchev–Trinajstić information content (AvgIpc) is 2.38. The first-order valence-electron chi connectivity index (χ1n) is 6.39. The van der Waals surface area contributed by atoms with Gasteiger partial charge in [-0.15, -0.1) is 0 Å². The molecular weight excluding hydrogens is 279 g/mol. The average molecular weight is 295 g/mol. The number of hydrogen-bond acceptors (Lipinski definition) is 3. The van der Waals surface area contributed by atoms with E-state index in [4.69, 9.17) is 5.84 Å². The molecule has 0 bridgehead atoms. The van der Waals surface area contributed by atoms with Gasteiger partial charge in [0.2, 0.25) is 0 Å². The fourth-order valence-corrected chi connectivity index (χ4v) is 2.31. The van der Waals surface area contributed by atoms with Gasteiger partial charge in [-0.05, 0) is 49.2 Å². The lowest BCUT2D eigenvalue weighted by Crippen LogP contribution is -2.29. The quantitative estimate of drug-likeness (QED) is 0.675. The lowest BCUT2D eigenvalue weighted by atomic mass is 9.97. The molecular formula is C15H16F3N3. The zero-order valence-electron chi connectivity index (χ0n) is 11.7. The number of alkyl halides is 3. The first kappa shape index (κ1) is 15.5. The van der Waals surface area contributed by atoms with E-state index in [0.717, 1.165) is 29.1 Å². The van der Waals surface area contributed by atoms with E-state index in [1.54, 1.807) is 18.2 Å². The molecule has 0 aliphatic carbocycles. The van der Waals surface area contributed by atoms with Gasteiger partial charge in [0.25, 0.3) is 0 Å². The molecule has 0 fully saturated rings. The number of nitrogens with two attached hydrogens (primary N) is 1. The number of pyridine rings is 1. The van der Waals surface area contributed by atoms with E-state index in [9.17, 15) is 13.2 Å². The van der Waals surface area contributed by atoms with Gasteiger partial charge < -0.3 is 0 Å². The monoisotopic (exact) mass is 295 g/mol. The van der Waals surface area contributed by atoms with Crippen LogP contribution in [0.15, 0.2) is 36.4 Å². The molecule has 21 heavy (non-hydrogen) atoms. The van der Waals surface area contributed by atoms with E-state index >= 15 is 0 Å². The number of aryl methyl sites for hydroxylation is 2. The summed E-state index contributed by atoms with van der Waals surface area (Å²) in [5, 5.41) is 0. The molecule has 0 spiro atoms. The Labute approximate surface area is 121 Å². The second kappa shape index (κ2) is 5.83. The van der Waals surface area contributed by atoms with Crippen LogP contribution in [-0.2, 0) is 6.18 Å². The van der Waals surface area contributed by atoms with Crippen molar-refractivity contribution in [2.75, 3.05) is 0 Å². The molecule has 2 aromatic rings. The van der Waals surface area contributed by atoms with Crippen LogP contribution >= 0.6 is 0 Å². The summed E-state index contributed by atoms with van der Waals surface area (Å²) in [6.45, 7) is 3.66. The highest BCUT2D eigenvalue weighted by Gasteiger charge is 2.31. The zero-order chi connectivity index (χ0) is 15.6. The van der Waals surface area contributed by atoms with Crippen molar-refractivity contribution in [2.24, 2.45) is 5.84 Å². The van der Waals surface area contributed by atoms with Crippen molar-refractivity contribution in [3.05, 3.63) is 64.5 Å². The molecule has 1 atom stereocenters. The Morgan fingerprint density at radius 3 is 2.19 bits per heavy atom. The standard InChI is InChI=1S/C15H16F3N3/c1-9-6-12(7-10(2)20-9)14(21-19)11-4-3-5-13(8-11)15(16,17)18/h3-8,14,21H,19H2,1-2H3. The number of aromatic nitrogens is 1. The van der Waals surface area contributed by atoms with Gasteiger partial charge in [-0.2, -0.15) is 13.2 Å². The molecule has 3 N–H and O–H groups in total. The van der Waals surface area contributed by atoms with Gasteiger partial charge in [0.15, 0.2) is 0 Å². The van der Waals surface area contributed by atoms with Crippen molar-refractivity contribution < 1.29 is 13.2 Å². The highest BCUT2D eigenvalue weighted by molar-refractivity contribution is 5.36. The van der Waals surface area contributed by atoms with Gasteiger partial charge >= 0.3 is 6.18 Å². The molecule has 0 saturated carbocycles. The van der Waals surface area contributed by atoms with Crippen molar-refractivity contribution in [3.63, 3.8) is 0 Å². The molecule has 0 saturated heterocycles. The predicted molar refractivity (Wildman–Crippen MR) is 74.3 cm³/mol. The minimum absolute atomic E-state index is 0.456. The number of rotatable bonds is 3. The van der Waals surface area contributed by atoms with Gasteiger partial charge in [0, 0.05) is 11.4 Å². The number of hydrogen-bond donors (Lipinski definition) is 2. The molecule has 0 radical (unpaired) electrons. The van der Waals surface area contributed by atoms with Gasteiger partial charge in [-0.1, -0.05) is 12.1 Å². The zero-order valence-corrected chi connectivity index (χ0v) is 11.7. The van der Waals surface area contributed by atoms with Crippen molar-refractivity contribution in [1.29, 1.82) is 0 Å². The maximum Gasteiger partial charge on any atom is 0.416 e. The molecule has 0 aliphatic rings. The molecule has 1 aromatic carbocycles. The summed E-state index contributed by atoms with van der Waals surface area (Å²) < 4.78 is 38.4. The third-order valence-electron chi connectivity index (χ3n) is 3.15. The fourth-order valence-electron chi connectivity index (χ4n) is 2.31. The van der Waals surface area contributed by atoms with Gasteiger partial charge in [-0.3, -0.25) is 10.8 Å². The summed E-state index contributed by atoms with van der Waals surface area (Å²) in [5.41, 5.74) is 4.69. The van der Waals surface area contributed by atoms with E-state index in [2.05, 4.69) is 10.4 Å². The normalized spacial score (nSPS) is 13.2. The molecule has 0 aliphatic heterocycles. The molecule has 1 unspecified atom stereocenters. The van der Waals surface area contributed by atoms with Crippen LogP contribution in [0.5, 0.6) is 0 Å². The summed E-state index contributed by atoms with van der Waals surface area (Å²) in [5.74, 6) is 5.54. The highest BCUT2D eigenvalue weighted by atomic mass is 19.4. The molecule has 2 rings (SSSR count). The second-order valence-corrected chi connectivity index (χ2v) is 4.91. The number of halogens is 3. The lowest BCUT2D eigenvalue weighted by molar-refractivity contribution is -0.137. The Morgan fingerprint density at radius 1 is 1.05 bits per heavy atom. The van der Waals surface area contributed by atoms with Crippen LogP contribution in [0.3, 0.4) is 0 Å². The van der Waals surface area contributed by atoms with E-state index in [1.807, 2.05) is 13.8 Å². The Bertz CT molecular complexity index is 618. The molecule has 3 nitrogen and oxygen atoms in total. The fraction of sp³-hybridized carbons (Fsp3) is 0.267. The van der Waals surface area contributed by atoms with Crippen LogP contribution in [0, 0.1) is 13.8 Å². The highest BCUT2D eigenvalue weighted by Crippen LogP contribution is 2.32. The van der Waals surface area contributed by atoms with Gasteiger partial charge in [0.05, 0.1) is 11.6 Å². The molecule has 0 amide bonds. The van der Waals surface area contributed by atoms with E-state index in [0.29, 0.717) is 5.56 Å². The minimum Gasteiger partial charge on any atom is -0.271 e. The van der Waals surface area contributed by atoms with Gasteiger partial charge in [0.1, 0.15) is 0 Å². The first-order valence-corrected chi connectivity index (χ1v) is 6.39. The summed E-state index contributed by atoms with van der Waals surface area (Å²) in [4.78, 5) is 4.25. The second-order valence-electron chi connectivity index (χ2n) is 4.91. The predicted octanol–water partition coefficient (Wildman–Crippen LogP) is 3.27. The first-order chi connectivity index (χ1) is 9.81. The van der Waals surface area contributed by atoms with Crippen molar-refractivity contribution >= 4 is 0 Å². The molecule has 6 heteroatoms. The Morgan fingerprint density at radius 2 is 1.67 bits per heavy atom. The Hall–Kier alpha value is -1.92. The Kier molecular flexibility index (Phi) is 4.29. The van der Waals surface area contributed by atoms with Crippen LogP contribution < -0.4 is 11.3 Å².